The minimum atomic E-state index is -0.882. The Labute approximate surface area is 248 Å². The summed E-state index contributed by atoms with van der Waals surface area (Å²) in [5.74, 6) is -1.80. The molecule has 0 radical (unpaired) electrons. The molecule has 3 aromatic rings. The minimum absolute atomic E-state index is 0.0600. The van der Waals surface area contributed by atoms with Crippen LogP contribution >= 0.6 is 23.2 Å². The number of amides is 3. The van der Waals surface area contributed by atoms with E-state index in [2.05, 4.69) is 10.8 Å². The number of halogens is 2. The van der Waals surface area contributed by atoms with Gasteiger partial charge in [-0.3, -0.25) is 19.2 Å². The number of aliphatic hydroxyl groups is 1. The maximum Gasteiger partial charge on any atom is 0.255 e. The summed E-state index contributed by atoms with van der Waals surface area (Å²) >= 11 is 12.9. The smallest absolute Gasteiger partial charge is 0.255 e. The van der Waals surface area contributed by atoms with Crippen LogP contribution in [-0.2, 0) is 16.2 Å². The Balaban J connectivity index is 1.49. The quantitative estimate of drug-likeness (QED) is 0.326. The molecule has 0 bridgehead atoms. The first-order valence-corrected chi connectivity index (χ1v) is 14.3. The Morgan fingerprint density at radius 3 is 2.44 bits per heavy atom. The summed E-state index contributed by atoms with van der Waals surface area (Å²) < 4.78 is 0. The SMILES string of the molecule is CNC(=O)c1ccc(CONC(=O)[C@@H]2c3ccccc3C(=O)N([C@H]3CCCC[C@@H]3O)[C@H]2c2ccc(Cl)cc2Cl)cc1. The fourth-order valence-electron chi connectivity index (χ4n) is 5.84. The van der Waals surface area contributed by atoms with Crippen molar-refractivity contribution in [1.29, 1.82) is 0 Å². The first kappa shape index (κ1) is 29.1. The zero-order valence-electron chi connectivity index (χ0n) is 22.5. The van der Waals surface area contributed by atoms with Gasteiger partial charge in [-0.05, 0) is 59.9 Å². The van der Waals surface area contributed by atoms with Crippen molar-refractivity contribution in [2.75, 3.05) is 7.05 Å². The van der Waals surface area contributed by atoms with Crippen LogP contribution in [0.4, 0.5) is 0 Å². The van der Waals surface area contributed by atoms with Gasteiger partial charge in [0.15, 0.2) is 0 Å². The second kappa shape index (κ2) is 12.6. The summed E-state index contributed by atoms with van der Waals surface area (Å²) in [6.45, 7) is 0.0600. The van der Waals surface area contributed by atoms with E-state index in [0.717, 1.165) is 18.4 Å². The van der Waals surface area contributed by atoms with Crippen LogP contribution < -0.4 is 10.8 Å². The fourth-order valence-corrected chi connectivity index (χ4v) is 6.36. The van der Waals surface area contributed by atoms with E-state index in [9.17, 15) is 19.5 Å². The van der Waals surface area contributed by atoms with Gasteiger partial charge in [0.1, 0.15) is 0 Å². The second-order valence-corrected chi connectivity index (χ2v) is 11.2. The van der Waals surface area contributed by atoms with Gasteiger partial charge >= 0.3 is 0 Å². The van der Waals surface area contributed by atoms with Crippen molar-refractivity contribution in [3.05, 3.63) is 105 Å². The van der Waals surface area contributed by atoms with Crippen LogP contribution in [-0.4, -0.2) is 46.9 Å². The predicted molar refractivity (Wildman–Crippen MR) is 156 cm³/mol. The van der Waals surface area contributed by atoms with Crippen molar-refractivity contribution in [2.24, 2.45) is 0 Å². The van der Waals surface area contributed by atoms with Crippen LogP contribution in [0.1, 0.15) is 75.0 Å². The number of hydrogen-bond acceptors (Lipinski definition) is 5. The number of benzene rings is 3. The Kier molecular flexibility index (Phi) is 8.94. The summed E-state index contributed by atoms with van der Waals surface area (Å²) in [5, 5.41) is 14.3. The molecule has 214 valence electrons. The highest BCUT2D eigenvalue weighted by Gasteiger charge is 2.49. The molecule has 3 N–H and O–H groups in total. The summed E-state index contributed by atoms with van der Waals surface area (Å²) in [7, 11) is 1.56. The van der Waals surface area contributed by atoms with E-state index >= 15 is 0 Å². The normalized spacial score (nSPS) is 22.1. The number of fused-ring (bicyclic) bond motifs is 1. The Hall–Kier alpha value is -3.43. The van der Waals surface area contributed by atoms with E-state index < -0.39 is 30.0 Å². The van der Waals surface area contributed by atoms with Crippen molar-refractivity contribution in [3.8, 4) is 0 Å². The van der Waals surface area contributed by atoms with Gasteiger partial charge in [0.25, 0.3) is 17.7 Å². The third-order valence-electron chi connectivity index (χ3n) is 7.85. The lowest BCUT2D eigenvalue weighted by Crippen LogP contribution is -2.55. The average molecular weight is 597 g/mol. The van der Waals surface area contributed by atoms with Crippen LogP contribution in [0.3, 0.4) is 0 Å². The van der Waals surface area contributed by atoms with Gasteiger partial charge in [0.05, 0.1) is 30.7 Å². The van der Waals surface area contributed by atoms with E-state index in [-0.39, 0.29) is 18.4 Å². The molecule has 41 heavy (non-hydrogen) atoms. The summed E-state index contributed by atoms with van der Waals surface area (Å²) in [6.07, 6.45) is 2.16. The van der Waals surface area contributed by atoms with E-state index in [0.29, 0.717) is 45.1 Å². The largest absolute Gasteiger partial charge is 0.391 e. The van der Waals surface area contributed by atoms with Crippen molar-refractivity contribution >= 4 is 40.9 Å². The van der Waals surface area contributed by atoms with Gasteiger partial charge in [0, 0.05) is 28.2 Å². The van der Waals surface area contributed by atoms with E-state index in [1.165, 1.54) is 0 Å². The molecular weight excluding hydrogens is 565 g/mol. The molecule has 2 aliphatic rings. The van der Waals surface area contributed by atoms with Gasteiger partial charge in [-0.1, -0.05) is 72.4 Å². The zero-order chi connectivity index (χ0) is 29.1. The molecule has 10 heteroatoms. The van der Waals surface area contributed by atoms with E-state index in [1.54, 1.807) is 78.7 Å². The molecule has 5 rings (SSSR count). The van der Waals surface area contributed by atoms with Crippen LogP contribution in [0, 0.1) is 0 Å². The topological polar surface area (TPSA) is 108 Å². The fraction of sp³-hybridized carbons (Fsp3) is 0.323. The maximum absolute atomic E-state index is 14.0. The van der Waals surface area contributed by atoms with Crippen LogP contribution in [0.5, 0.6) is 0 Å². The maximum atomic E-state index is 14.0. The molecule has 0 saturated heterocycles. The zero-order valence-corrected chi connectivity index (χ0v) is 24.0. The monoisotopic (exact) mass is 595 g/mol. The van der Waals surface area contributed by atoms with Crippen molar-refractivity contribution in [2.45, 2.75) is 56.4 Å². The Morgan fingerprint density at radius 1 is 1.00 bits per heavy atom. The molecule has 3 aromatic carbocycles. The number of rotatable bonds is 7. The number of hydrogen-bond donors (Lipinski definition) is 3. The molecule has 4 atom stereocenters. The number of nitrogens with one attached hydrogen (secondary N) is 2. The second-order valence-electron chi connectivity index (χ2n) is 10.3. The lowest BCUT2D eigenvalue weighted by atomic mass is 9.77. The van der Waals surface area contributed by atoms with Gasteiger partial charge in [-0.25, -0.2) is 5.48 Å². The van der Waals surface area contributed by atoms with Gasteiger partial charge in [0.2, 0.25) is 0 Å². The molecule has 3 amide bonds. The van der Waals surface area contributed by atoms with Crippen molar-refractivity contribution < 1.29 is 24.3 Å². The predicted octanol–water partition coefficient (Wildman–Crippen LogP) is 5.19. The van der Waals surface area contributed by atoms with E-state index in [1.807, 2.05) is 0 Å². The molecule has 1 aliphatic carbocycles. The summed E-state index contributed by atoms with van der Waals surface area (Å²) in [4.78, 5) is 47.1. The van der Waals surface area contributed by atoms with Crippen LogP contribution in [0.2, 0.25) is 10.0 Å². The van der Waals surface area contributed by atoms with Gasteiger partial charge < -0.3 is 15.3 Å². The summed E-state index contributed by atoms with van der Waals surface area (Å²) in [5.41, 5.74) is 5.35. The lowest BCUT2D eigenvalue weighted by Gasteiger charge is -2.48. The molecule has 0 aromatic heterocycles. The van der Waals surface area contributed by atoms with Crippen molar-refractivity contribution in [3.63, 3.8) is 0 Å². The van der Waals surface area contributed by atoms with Gasteiger partial charge in [-0.15, -0.1) is 0 Å². The molecular formula is C31H31Cl2N3O5. The number of carbonyl (C=O) groups is 3. The highest BCUT2D eigenvalue weighted by atomic mass is 35.5. The third-order valence-corrected chi connectivity index (χ3v) is 8.41. The van der Waals surface area contributed by atoms with E-state index in [4.69, 9.17) is 28.0 Å². The molecule has 1 fully saturated rings. The van der Waals surface area contributed by atoms with Crippen LogP contribution in [0.15, 0.2) is 66.7 Å². The third kappa shape index (κ3) is 5.97. The standard InChI is InChI=1S/C31H31Cl2N3O5/c1-34-29(38)19-12-10-18(11-13-19)17-41-35-30(39)27-21-6-2-3-7-22(21)31(40)36(25-8-4-5-9-26(25)37)28(27)23-15-14-20(32)16-24(23)33/h2-3,6-7,10-16,25-28,37H,4-5,8-9,17H2,1H3,(H,34,38)(H,35,39)/t25-,26-,27+,28-/m0/s1. The number of nitrogens with zero attached hydrogens (tertiary/aromatic N) is 1. The van der Waals surface area contributed by atoms with Crippen molar-refractivity contribution in [1.82, 2.24) is 15.7 Å². The highest BCUT2D eigenvalue weighted by Crippen LogP contribution is 2.47. The van der Waals surface area contributed by atoms with Gasteiger partial charge in [-0.2, -0.15) is 0 Å². The first-order chi connectivity index (χ1) is 19.8. The summed E-state index contributed by atoms with van der Waals surface area (Å²) in [6, 6.07) is 17.5. The first-order valence-electron chi connectivity index (χ1n) is 13.6. The molecule has 1 saturated carbocycles. The minimum Gasteiger partial charge on any atom is -0.391 e. The number of carbonyl (C=O) groups excluding carboxylic acids is 3. The average Bonchev–Trinajstić information content (AvgIpc) is 2.98. The molecule has 1 aliphatic heterocycles. The van der Waals surface area contributed by atoms with Crippen LogP contribution in [0.25, 0.3) is 0 Å². The molecule has 1 heterocycles. The molecule has 0 unspecified atom stereocenters. The highest BCUT2D eigenvalue weighted by molar-refractivity contribution is 6.35. The lowest BCUT2D eigenvalue weighted by molar-refractivity contribution is -0.138. The Morgan fingerprint density at radius 2 is 1.73 bits per heavy atom. The Bertz CT molecular complexity index is 1450. The number of hydroxylamine groups is 1. The number of aliphatic hydroxyl groups excluding tert-OH is 1. The molecule has 0 spiro atoms. The molecule has 8 nitrogen and oxygen atoms in total.